The number of thioether (sulfide) groups is 1. The summed E-state index contributed by atoms with van der Waals surface area (Å²) < 4.78 is 0. The van der Waals surface area contributed by atoms with Crippen molar-refractivity contribution in [3.63, 3.8) is 0 Å². The molecular weight excluding hydrogens is 404 g/mol. The molecule has 0 radical (unpaired) electrons. The largest absolute Gasteiger partial charge is 0.350 e. The standard InChI is InChI=1S/C26H24N2O2S/c1-16-10-11-22(19(4)13-16)28-25(29)23(27-20-14-17(2)12-18(3)15-20)24(26(28)30)31-21-8-6-5-7-9-21/h5-15,27H,1-4H3. The van der Waals surface area contributed by atoms with Gasteiger partial charge in [0.25, 0.3) is 11.8 Å². The predicted octanol–water partition coefficient (Wildman–Crippen LogP) is 5.91. The van der Waals surface area contributed by atoms with Gasteiger partial charge in [-0.3, -0.25) is 9.59 Å². The van der Waals surface area contributed by atoms with E-state index in [-0.39, 0.29) is 11.8 Å². The molecule has 1 aliphatic rings. The highest BCUT2D eigenvalue weighted by molar-refractivity contribution is 8.04. The Morgan fingerprint density at radius 2 is 1.42 bits per heavy atom. The third-order valence-electron chi connectivity index (χ3n) is 5.09. The Morgan fingerprint density at radius 1 is 0.742 bits per heavy atom. The molecule has 0 atom stereocenters. The van der Waals surface area contributed by atoms with E-state index in [4.69, 9.17) is 0 Å². The molecule has 3 aromatic carbocycles. The molecule has 1 N–H and O–H groups in total. The van der Waals surface area contributed by atoms with Crippen LogP contribution in [0.5, 0.6) is 0 Å². The first-order valence-corrected chi connectivity index (χ1v) is 10.9. The van der Waals surface area contributed by atoms with Gasteiger partial charge in [0.1, 0.15) is 10.6 Å². The van der Waals surface area contributed by atoms with Gasteiger partial charge in [-0.2, -0.15) is 0 Å². The Morgan fingerprint density at radius 3 is 2.06 bits per heavy atom. The Labute approximate surface area is 187 Å². The lowest BCUT2D eigenvalue weighted by Gasteiger charge is -2.18. The van der Waals surface area contributed by atoms with Crippen LogP contribution in [0.2, 0.25) is 0 Å². The molecule has 1 aliphatic heterocycles. The fourth-order valence-corrected chi connectivity index (χ4v) is 4.74. The van der Waals surface area contributed by atoms with Crippen molar-refractivity contribution in [3.8, 4) is 0 Å². The van der Waals surface area contributed by atoms with Crippen LogP contribution in [0.4, 0.5) is 11.4 Å². The molecule has 1 heterocycles. The molecule has 3 aromatic rings. The quantitative estimate of drug-likeness (QED) is 0.513. The molecule has 4 nitrogen and oxygen atoms in total. The van der Waals surface area contributed by atoms with Crippen molar-refractivity contribution in [2.45, 2.75) is 32.6 Å². The highest BCUT2D eigenvalue weighted by Crippen LogP contribution is 2.38. The normalized spacial score (nSPS) is 13.9. The minimum atomic E-state index is -0.338. The van der Waals surface area contributed by atoms with Crippen LogP contribution in [-0.4, -0.2) is 11.8 Å². The number of amides is 2. The lowest BCUT2D eigenvalue weighted by molar-refractivity contribution is -0.120. The summed E-state index contributed by atoms with van der Waals surface area (Å²) >= 11 is 1.31. The summed E-state index contributed by atoms with van der Waals surface area (Å²) in [7, 11) is 0. The highest BCUT2D eigenvalue weighted by Gasteiger charge is 2.40. The second-order valence-electron chi connectivity index (χ2n) is 7.86. The maximum Gasteiger partial charge on any atom is 0.283 e. The number of imide groups is 1. The first-order valence-electron chi connectivity index (χ1n) is 10.1. The molecule has 4 rings (SSSR count). The van der Waals surface area contributed by atoms with Crippen LogP contribution in [-0.2, 0) is 9.59 Å². The monoisotopic (exact) mass is 428 g/mol. The molecule has 31 heavy (non-hydrogen) atoms. The van der Waals surface area contributed by atoms with Crippen LogP contribution in [0, 0.1) is 27.7 Å². The predicted molar refractivity (Wildman–Crippen MR) is 127 cm³/mol. The first kappa shape index (κ1) is 20.9. The highest BCUT2D eigenvalue weighted by atomic mass is 32.2. The summed E-state index contributed by atoms with van der Waals surface area (Å²) in [4.78, 5) is 29.6. The van der Waals surface area contributed by atoms with Crippen LogP contribution < -0.4 is 10.2 Å². The molecule has 0 fully saturated rings. The molecule has 0 aromatic heterocycles. The fourth-order valence-electron chi connectivity index (χ4n) is 3.79. The third-order valence-corrected chi connectivity index (χ3v) is 6.18. The van der Waals surface area contributed by atoms with Gasteiger partial charge in [-0.1, -0.05) is 53.7 Å². The minimum Gasteiger partial charge on any atom is -0.350 e. The van der Waals surface area contributed by atoms with E-state index in [1.54, 1.807) is 0 Å². The maximum absolute atomic E-state index is 13.5. The zero-order valence-electron chi connectivity index (χ0n) is 18.0. The van der Waals surface area contributed by atoms with Gasteiger partial charge < -0.3 is 5.32 Å². The first-order chi connectivity index (χ1) is 14.8. The van der Waals surface area contributed by atoms with Gasteiger partial charge in [0, 0.05) is 10.6 Å². The summed E-state index contributed by atoms with van der Waals surface area (Å²) in [5, 5.41) is 3.25. The molecular formula is C26H24N2O2S. The number of carbonyl (C=O) groups excluding carboxylic acids is 2. The van der Waals surface area contributed by atoms with Crippen molar-refractivity contribution in [3.05, 3.63) is 99.6 Å². The van der Waals surface area contributed by atoms with Crippen LogP contribution in [0.1, 0.15) is 22.3 Å². The number of carbonyl (C=O) groups is 2. The molecule has 5 heteroatoms. The van der Waals surface area contributed by atoms with Crippen molar-refractivity contribution < 1.29 is 9.59 Å². The fraction of sp³-hybridized carbons (Fsp3) is 0.154. The Balaban J connectivity index is 1.78. The van der Waals surface area contributed by atoms with Gasteiger partial charge in [-0.15, -0.1) is 0 Å². The molecule has 0 unspecified atom stereocenters. The SMILES string of the molecule is Cc1cc(C)cc(NC2=C(Sc3ccccc3)C(=O)N(c3ccc(C)cc3C)C2=O)c1. The number of nitrogens with one attached hydrogen (secondary N) is 1. The van der Waals surface area contributed by atoms with E-state index in [2.05, 4.69) is 11.4 Å². The number of aryl methyl sites for hydroxylation is 4. The lowest BCUT2D eigenvalue weighted by atomic mass is 10.1. The Bertz CT molecular complexity index is 1200. The smallest absolute Gasteiger partial charge is 0.283 e. The summed E-state index contributed by atoms with van der Waals surface area (Å²) in [6.45, 7) is 7.93. The zero-order valence-corrected chi connectivity index (χ0v) is 18.8. The van der Waals surface area contributed by atoms with E-state index < -0.39 is 0 Å². The number of hydrogen-bond acceptors (Lipinski definition) is 4. The summed E-state index contributed by atoms with van der Waals surface area (Å²) in [6, 6.07) is 21.4. The van der Waals surface area contributed by atoms with E-state index in [1.807, 2.05) is 88.4 Å². The van der Waals surface area contributed by atoms with Crippen LogP contribution in [0.15, 0.2) is 82.2 Å². The topological polar surface area (TPSA) is 49.4 Å². The van der Waals surface area contributed by atoms with Gasteiger partial charge in [0.2, 0.25) is 0 Å². The van der Waals surface area contributed by atoms with E-state index in [0.717, 1.165) is 32.8 Å². The molecule has 156 valence electrons. The third kappa shape index (κ3) is 4.28. The molecule has 0 saturated heterocycles. The number of nitrogens with zero attached hydrogens (tertiary/aromatic N) is 1. The van der Waals surface area contributed by atoms with E-state index in [0.29, 0.717) is 16.3 Å². The zero-order chi connectivity index (χ0) is 22.1. The number of hydrogen-bond donors (Lipinski definition) is 1. The van der Waals surface area contributed by atoms with Gasteiger partial charge in [-0.25, -0.2) is 4.90 Å². The molecule has 0 bridgehead atoms. The lowest BCUT2D eigenvalue weighted by Crippen LogP contribution is -2.33. The summed E-state index contributed by atoms with van der Waals surface area (Å²) in [5.41, 5.74) is 5.86. The second-order valence-corrected chi connectivity index (χ2v) is 8.94. The molecule has 0 spiro atoms. The van der Waals surface area contributed by atoms with Gasteiger partial charge in [-0.05, 0) is 74.7 Å². The van der Waals surface area contributed by atoms with Crippen LogP contribution in [0.3, 0.4) is 0 Å². The van der Waals surface area contributed by atoms with Crippen molar-refractivity contribution in [2.24, 2.45) is 0 Å². The number of benzene rings is 3. The maximum atomic E-state index is 13.5. The molecule has 0 aliphatic carbocycles. The van der Waals surface area contributed by atoms with Crippen molar-refractivity contribution >= 4 is 35.0 Å². The second kappa shape index (κ2) is 8.44. The molecule has 0 saturated carbocycles. The van der Waals surface area contributed by atoms with Gasteiger partial charge in [0.15, 0.2) is 0 Å². The minimum absolute atomic E-state index is 0.308. The van der Waals surface area contributed by atoms with Gasteiger partial charge >= 0.3 is 0 Å². The summed E-state index contributed by atoms with van der Waals surface area (Å²) in [6.07, 6.45) is 0. The Hall–Kier alpha value is -3.31. The van der Waals surface area contributed by atoms with Crippen molar-refractivity contribution in [1.29, 1.82) is 0 Å². The van der Waals surface area contributed by atoms with E-state index in [9.17, 15) is 9.59 Å². The van der Waals surface area contributed by atoms with Gasteiger partial charge in [0.05, 0.1) is 5.69 Å². The number of rotatable bonds is 5. The van der Waals surface area contributed by atoms with Crippen LogP contribution >= 0.6 is 11.8 Å². The average molecular weight is 429 g/mol. The van der Waals surface area contributed by atoms with E-state index >= 15 is 0 Å². The molecule has 2 amide bonds. The Kier molecular flexibility index (Phi) is 5.70. The van der Waals surface area contributed by atoms with E-state index in [1.165, 1.54) is 16.7 Å². The van der Waals surface area contributed by atoms with Crippen LogP contribution in [0.25, 0.3) is 0 Å². The average Bonchev–Trinajstić information content (AvgIpc) is 2.93. The van der Waals surface area contributed by atoms with Crippen molar-refractivity contribution in [1.82, 2.24) is 0 Å². The van der Waals surface area contributed by atoms with Crippen molar-refractivity contribution in [2.75, 3.05) is 10.2 Å². The number of anilines is 2. The summed E-state index contributed by atoms with van der Waals surface area (Å²) in [5.74, 6) is -0.646.